The fourth-order valence-electron chi connectivity index (χ4n) is 3.12. The van der Waals surface area contributed by atoms with Crippen LogP contribution in [-0.4, -0.2) is 35.4 Å². The van der Waals surface area contributed by atoms with Crippen molar-refractivity contribution in [2.24, 2.45) is 0 Å². The molecule has 0 atom stereocenters. The minimum atomic E-state index is -5.00. The first-order valence-electron chi connectivity index (χ1n) is 8.22. The summed E-state index contributed by atoms with van der Waals surface area (Å²) < 4.78 is 58.9. The predicted molar refractivity (Wildman–Crippen MR) is 86.6 cm³/mol. The first-order chi connectivity index (χ1) is 12.7. The molecule has 0 radical (unpaired) electrons. The maximum absolute atomic E-state index is 13.8. The molecule has 1 saturated heterocycles. The zero-order valence-electron chi connectivity index (χ0n) is 14.3. The minimum absolute atomic E-state index is 0.0395. The van der Waals surface area contributed by atoms with Crippen LogP contribution in [0.4, 0.5) is 23.4 Å². The Kier molecular flexibility index (Phi) is 4.99. The zero-order chi connectivity index (χ0) is 19.8. The van der Waals surface area contributed by atoms with Gasteiger partial charge in [-0.3, -0.25) is 4.79 Å². The number of carbonyl (C=O) groups is 1. The molecule has 0 bridgehead atoms. The number of rotatable bonds is 3. The van der Waals surface area contributed by atoms with Crippen LogP contribution in [0.15, 0.2) is 22.7 Å². The lowest BCUT2D eigenvalue weighted by atomic mass is 9.91. The Bertz CT molecular complexity index is 842. The number of hydrogen-bond donors (Lipinski definition) is 1. The number of nitrogens with zero attached hydrogens (tertiary/aromatic N) is 2. The molecule has 3 rings (SSSR count). The summed E-state index contributed by atoms with van der Waals surface area (Å²) in [4.78, 5) is 14.0. The minimum Gasteiger partial charge on any atom is -0.403 e. The van der Waals surface area contributed by atoms with Crippen molar-refractivity contribution < 1.29 is 31.6 Å². The smallest absolute Gasteiger partial charge is 0.403 e. The predicted octanol–water partition coefficient (Wildman–Crippen LogP) is 3.62. The van der Waals surface area contributed by atoms with Crippen LogP contribution in [-0.2, 0) is 0 Å². The van der Waals surface area contributed by atoms with E-state index in [1.54, 1.807) is 0 Å². The number of benzene rings is 1. The van der Waals surface area contributed by atoms with Crippen molar-refractivity contribution in [1.29, 1.82) is 0 Å². The van der Waals surface area contributed by atoms with E-state index in [9.17, 15) is 22.4 Å². The number of anilines is 1. The highest BCUT2D eigenvalue weighted by Gasteiger charge is 2.33. The number of halogens is 4. The van der Waals surface area contributed by atoms with Crippen LogP contribution in [0.2, 0.25) is 0 Å². The Hall–Kier alpha value is -2.78. The summed E-state index contributed by atoms with van der Waals surface area (Å²) in [5.74, 6) is -2.32. The van der Waals surface area contributed by atoms with Crippen molar-refractivity contribution in [2.45, 2.75) is 32.0 Å². The second kappa shape index (κ2) is 7.09. The van der Waals surface area contributed by atoms with E-state index in [4.69, 9.17) is 10.3 Å². The monoisotopic (exact) mass is 387 g/mol. The lowest BCUT2D eigenvalue weighted by molar-refractivity contribution is -0.275. The number of carbonyl (C=O) groups excluding carboxylic acids is 1. The van der Waals surface area contributed by atoms with Crippen LogP contribution >= 0.6 is 0 Å². The van der Waals surface area contributed by atoms with E-state index in [-0.39, 0.29) is 17.4 Å². The van der Waals surface area contributed by atoms with Gasteiger partial charge in [0.15, 0.2) is 11.6 Å². The molecule has 1 amide bonds. The summed E-state index contributed by atoms with van der Waals surface area (Å²) in [6, 6.07) is 2.66. The molecule has 1 aliphatic rings. The summed E-state index contributed by atoms with van der Waals surface area (Å²) in [6.07, 6.45) is -3.76. The van der Waals surface area contributed by atoms with Gasteiger partial charge in [0.1, 0.15) is 0 Å². The van der Waals surface area contributed by atoms with Gasteiger partial charge in [0.2, 0.25) is 5.88 Å². The molecule has 1 aromatic heterocycles. The van der Waals surface area contributed by atoms with Gasteiger partial charge in [-0.1, -0.05) is 5.16 Å². The van der Waals surface area contributed by atoms with E-state index in [1.165, 1.54) is 4.90 Å². The molecular weight excluding hydrogens is 370 g/mol. The molecule has 1 aliphatic heterocycles. The van der Waals surface area contributed by atoms with Gasteiger partial charge in [0.05, 0.1) is 5.69 Å². The first-order valence-corrected chi connectivity index (χ1v) is 8.22. The third kappa shape index (κ3) is 4.15. The lowest BCUT2D eigenvalue weighted by Crippen LogP contribution is -2.38. The summed E-state index contributed by atoms with van der Waals surface area (Å²) in [6.45, 7) is 2.61. The molecule has 0 spiro atoms. The fraction of sp³-hybridized carbons (Fsp3) is 0.412. The first kappa shape index (κ1) is 19.0. The third-order valence-electron chi connectivity index (χ3n) is 4.57. The van der Waals surface area contributed by atoms with E-state index < -0.39 is 23.8 Å². The number of likely N-dealkylation sites (tertiary alicyclic amines) is 1. The lowest BCUT2D eigenvalue weighted by Gasteiger charge is -2.31. The van der Waals surface area contributed by atoms with Crippen molar-refractivity contribution in [3.63, 3.8) is 0 Å². The van der Waals surface area contributed by atoms with Crippen LogP contribution in [0.5, 0.6) is 5.75 Å². The van der Waals surface area contributed by atoms with E-state index in [0.717, 1.165) is 29.5 Å². The Morgan fingerprint density at radius 2 is 2.00 bits per heavy atom. The molecule has 2 N–H and O–H groups in total. The maximum Gasteiger partial charge on any atom is 0.573 e. The second-order valence-corrected chi connectivity index (χ2v) is 6.32. The van der Waals surface area contributed by atoms with Gasteiger partial charge in [0, 0.05) is 30.1 Å². The number of alkyl halides is 3. The summed E-state index contributed by atoms with van der Waals surface area (Å²) >= 11 is 0. The molecule has 1 fully saturated rings. The molecule has 146 valence electrons. The molecule has 0 aliphatic carbocycles. The fourth-order valence-corrected chi connectivity index (χ4v) is 3.12. The topological polar surface area (TPSA) is 81.6 Å². The van der Waals surface area contributed by atoms with Crippen molar-refractivity contribution in [1.82, 2.24) is 10.1 Å². The van der Waals surface area contributed by atoms with E-state index in [0.29, 0.717) is 25.9 Å². The molecule has 6 nitrogen and oxygen atoms in total. The number of ether oxygens (including phenoxy) is 1. The quantitative estimate of drug-likeness (QED) is 0.814. The second-order valence-electron chi connectivity index (χ2n) is 6.32. The zero-order valence-corrected chi connectivity index (χ0v) is 14.3. The SMILES string of the molecule is Cc1c(C2CCN(C(=O)c3ccc(OC(F)(F)F)c(F)c3)CC2)noc1N. The van der Waals surface area contributed by atoms with Crippen molar-refractivity contribution >= 4 is 11.8 Å². The van der Waals surface area contributed by atoms with E-state index >= 15 is 0 Å². The highest BCUT2D eigenvalue weighted by molar-refractivity contribution is 5.94. The van der Waals surface area contributed by atoms with Gasteiger partial charge in [-0.15, -0.1) is 13.2 Å². The molecule has 0 saturated carbocycles. The van der Waals surface area contributed by atoms with E-state index in [2.05, 4.69) is 9.89 Å². The Balaban J connectivity index is 1.65. The van der Waals surface area contributed by atoms with Crippen LogP contribution in [0, 0.1) is 12.7 Å². The van der Waals surface area contributed by atoms with Gasteiger partial charge in [-0.25, -0.2) is 4.39 Å². The summed E-state index contributed by atoms with van der Waals surface area (Å²) in [7, 11) is 0. The van der Waals surface area contributed by atoms with Crippen LogP contribution < -0.4 is 10.5 Å². The van der Waals surface area contributed by atoms with Crippen LogP contribution in [0.3, 0.4) is 0 Å². The molecule has 2 heterocycles. The number of amides is 1. The molecule has 10 heteroatoms. The molecule has 1 aromatic carbocycles. The number of hydrogen-bond acceptors (Lipinski definition) is 5. The highest BCUT2D eigenvalue weighted by Crippen LogP contribution is 2.32. The Labute approximate surface area is 151 Å². The van der Waals surface area contributed by atoms with Crippen molar-refractivity contribution in [2.75, 3.05) is 18.8 Å². The highest BCUT2D eigenvalue weighted by atomic mass is 19.4. The third-order valence-corrected chi connectivity index (χ3v) is 4.57. The van der Waals surface area contributed by atoms with Crippen molar-refractivity contribution in [3.8, 4) is 5.75 Å². The van der Waals surface area contributed by atoms with E-state index in [1.807, 2.05) is 6.92 Å². The van der Waals surface area contributed by atoms with Gasteiger partial charge < -0.3 is 19.9 Å². The number of aromatic nitrogens is 1. The Morgan fingerprint density at radius 3 is 2.52 bits per heavy atom. The van der Waals surface area contributed by atoms with Crippen LogP contribution in [0.1, 0.15) is 40.4 Å². The number of piperidine rings is 1. The van der Waals surface area contributed by atoms with Crippen molar-refractivity contribution in [3.05, 3.63) is 40.8 Å². The summed E-state index contributed by atoms with van der Waals surface area (Å²) in [5.41, 5.74) is 7.16. The van der Waals surface area contributed by atoms with Gasteiger partial charge in [-0.05, 0) is 38.0 Å². The average Bonchev–Trinajstić information content (AvgIpc) is 2.94. The molecule has 27 heavy (non-hydrogen) atoms. The van der Waals surface area contributed by atoms with Crippen LogP contribution in [0.25, 0.3) is 0 Å². The summed E-state index contributed by atoms with van der Waals surface area (Å²) in [5, 5.41) is 3.96. The maximum atomic E-state index is 13.8. The standard InChI is InChI=1S/C17H17F4N3O3/c1-9-14(23-27-15(9)22)10-4-6-24(7-5-10)16(25)11-2-3-13(12(18)8-11)26-17(19,20)21/h2-3,8,10H,4-7,22H2,1H3. The Morgan fingerprint density at radius 1 is 1.33 bits per heavy atom. The normalized spacial score (nSPS) is 15.8. The number of nitrogens with two attached hydrogens (primary N) is 1. The largest absolute Gasteiger partial charge is 0.573 e. The molecule has 2 aromatic rings. The van der Waals surface area contributed by atoms with Gasteiger partial charge in [-0.2, -0.15) is 0 Å². The van der Waals surface area contributed by atoms with Gasteiger partial charge >= 0.3 is 6.36 Å². The average molecular weight is 387 g/mol. The van der Waals surface area contributed by atoms with Gasteiger partial charge in [0.25, 0.3) is 5.91 Å². The molecular formula is C17H17F4N3O3. The number of nitrogen functional groups attached to an aromatic ring is 1. The molecule has 0 unspecified atom stereocenters.